The molecule has 0 saturated heterocycles. The molecule has 2 N–H and O–H groups in total. The monoisotopic (exact) mass is 439 g/mol. The highest BCUT2D eigenvalue weighted by molar-refractivity contribution is 6.32. The fourth-order valence-corrected chi connectivity index (χ4v) is 3.29. The average molecular weight is 440 g/mol. The van der Waals surface area contributed by atoms with Crippen LogP contribution in [0.3, 0.4) is 0 Å². The maximum Gasteiger partial charge on any atom is 0.271 e. The van der Waals surface area contributed by atoms with Crippen LogP contribution in [0.1, 0.15) is 23.7 Å². The number of hydrazone groups is 1. The Kier molecular flexibility index (Phi) is 7.10. The highest BCUT2D eigenvalue weighted by Crippen LogP contribution is 2.35. The molecule has 160 valence electrons. The number of hydrogen-bond donors (Lipinski definition) is 2. The molecule has 0 bridgehead atoms. The van der Waals surface area contributed by atoms with Gasteiger partial charge in [0.25, 0.3) is 5.91 Å². The molecule has 31 heavy (non-hydrogen) atoms. The number of nitrogens with one attached hydrogen (secondary N) is 2. The maximum atomic E-state index is 12.6. The molecule has 0 saturated carbocycles. The lowest BCUT2D eigenvalue weighted by molar-refractivity contribution is -0.115. The molecule has 3 aromatic carbocycles. The first-order chi connectivity index (χ1) is 14.9. The molecular formula is C23H22ClN3O4. The molecule has 0 aliphatic carbocycles. The van der Waals surface area contributed by atoms with Crippen molar-refractivity contribution in [1.29, 1.82) is 0 Å². The minimum atomic E-state index is -0.347. The van der Waals surface area contributed by atoms with Crippen molar-refractivity contribution in [2.45, 2.75) is 13.3 Å². The van der Waals surface area contributed by atoms with E-state index in [4.69, 9.17) is 21.1 Å². The number of halogens is 1. The Bertz CT molecular complexity index is 1160. The summed E-state index contributed by atoms with van der Waals surface area (Å²) in [6.45, 7) is 1.66. The Morgan fingerprint density at radius 1 is 1.00 bits per heavy atom. The van der Waals surface area contributed by atoms with Crippen molar-refractivity contribution in [1.82, 2.24) is 5.43 Å². The normalized spacial score (nSPS) is 11.2. The number of carbonyl (C=O) groups is 2. The van der Waals surface area contributed by atoms with Crippen molar-refractivity contribution in [3.8, 4) is 11.5 Å². The number of methoxy groups -OCH3 is 2. The zero-order valence-electron chi connectivity index (χ0n) is 17.4. The van der Waals surface area contributed by atoms with Gasteiger partial charge in [0.2, 0.25) is 5.91 Å². The van der Waals surface area contributed by atoms with Crippen LogP contribution < -0.4 is 20.2 Å². The number of anilines is 1. The lowest BCUT2D eigenvalue weighted by Crippen LogP contribution is -2.21. The summed E-state index contributed by atoms with van der Waals surface area (Å²) in [5.41, 5.74) is 3.88. The third-order valence-corrected chi connectivity index (χ3v) is 4.84. The van der Waals surface area contributed by atoms with Gasteiger partial charge in [0.05, 0.1) is 31.4 Å². The Morgan fingerprint density at radius 2 is 1.71 bits per heavy atom. The average Bonchev–Trinajstić information content (AvgIpc) is 2.77. The number of fused-ring (bicyclic) bond motifs is 1. The predicted molar refractivity (Wildman–Crippen MR) is 122 cm³/mol. The molecule has 0 aromatic heterocycles. The predicted octanol–water partition coefficient (Wildman–Crippen LogP) is 4.64. The maximum absolute atomic E-state index is 12.6. The van der Waals surface area contributed by atoms with Crippen molar-refractivity contribution >= 4 is 45.6 Å². The van der Waals surface area contributed by atoms with Gasteiger partial charge in [0.1, 0.15) is 11.5 Å². The largest absolute Gasteiger partial charge is 0.495 e. The van der Waals surface area contributed by atoms with Crippen LogP contribution in [0.2, 0.25) is 5.02 Å². The summed E-state index contributed by atoms with van der Waals surface area (Å²) in [6.07, 6.45) is -0.0239. The van der Waals surface area contributed by atoms with Gasteiger partial charge in [-0.05, 0) is 23.8 Å². The van der Waals surface area contributed by atoms with Gasteiger partial charge in [-0.1, -0.05) is 48.0 Å². The van der Waals surface area contributed by atoms with Gasteiger partial charge in [-0.2, -0.15) is 5.10 Å². The first kappa shape index (κ1) is 22.1. The van der Waals surface area contributed by atoms with E-state index in [0.717, 1.165) is 10.8 Å². The van der Waals surface area contributed by atoms with Crippen LogP contribution in [-0.4, -0.2) is 31.7 Å². The second kappa shape index (κ2) is 9.95. The minimum Gasteiger partial charge on any atom is -0.495 e. The summed E-state index contributed by atoms with van der Waals surface area (Å²) in [5, 5.41) is 8.96. The van der Waals surface area contributed by atoms with Gasteiger partial charge >= 0.3 is 0 Å². The van der Waals surface area contributed by atoms with Gasteiger partial charge < -0.3 is 14.8 Å². The number of nitrogens with zero attached hydrogens (tertiary/aromatic N) is 1. The fourth-order valence-electron chi connectivity index (χ4n) is 3.05. The molecule has 0 aliphatic rings. The van der Waals surface area contributed by atoms with E-state index in [0.29, 0.717) is 33.5 Å². The molecule has 0 unspecified atom stereocenters. The summed E-state index contributed by atoms with van der Waals surface area (Å²) in [5.74, 6) is 0.132. The lowest BCUT2D eigenvalue weighted by Gasteiger charge is -2.13. The molecule has 3 rings (SSSR count). The first-order valence-electron chi connectivity index (χ1n) is 9.45. The van der Waals surface area contributed by atoms with E-state index in [-0.39, 0.29) is 18.2 Å². The molecule has 0 heterocycles. The standard InChI is InChI=1S/C23H22ClN3O4/c1-14(11-22(28)25-19-13-20(30-2)18(24)12-21(19)31-3)26-27-23(29)17-10-6-8-15-7-4-5-9-16(15)17/h4-10,12-13H,11H2,1-3H3,(H,25,28)(H,27,29). The van der Waals surface area contributed by atoms with Crippen LogP contribution in [0, 0.1) is 0 Å². The Hall–Kier alpha value is -3.58. The second-order valence-corrected chi connectivity index (χ2v) is 7.13. The summed E-state index contributed by atoms with van der Waals surface area (Å²) in [7, 11) is 2.96. The second-order valence-electron chi connectivity index (χ2n) is 6.73. The van der Waals surface area contributed by atoms with Crippen LogP contribution >= 0.6 is 11.6 Å². The van der Waals surface area contributed by atoms with E-state index in [1.54, 1.807) is 25.1 Å². The van der Waals surface area contributed by atoms with E-state index < -0.39 is 0 Å². The SMILES string of the molecule is COc1cc(NC(=O)CC(C)=NNC(=O)c2cccc3ccccc23)c(OC)cc1Cl. The van der Waals surface area contributed by atoms with Crippen LogP contribution in [0.4, 0.5) is 5.69 Å². The molecule has 0 aliphatic heterocycles. The first-order valence-corrected chi connectivity index (χ1v) is 9.83. The van der Waals surface area contributed by atoms with E-state index in [9.17, 15) is 9.59 Å². The molecular weight excluding hydrogens is 418 g/mol. The summed E-state index contributed by atoms with van der Waals surface area (Å²) in [6, 6.07) is 16.2. The van der Waals surface area contributed by atoms with Crippen LogP contribution in [0.15, 0.2) is 59.7 Å². The molecule has 0 fully saturated rings. The Labute approximate surface area is 185 Å². The number of ether oxygens (including phenoxy) is 2. The number of carbonyl (C=O) groups excluding carboxylic acids is 2. The zero-order valence-corrected chi connectivity index (χ0v) is 18.1. The van der Waals surface area contributed by atoms with Crippen LogP contribution in [0.25, 0.3) is 10.8 Å². The molecule has 2 amide bonds. The highest BCUT2D eigenvalue weighted by atomic mass is 35.5. The van der Waals surface area contributed by atoms with Crippen molar-refractivity contribution in [2.24, 2.45) is 5.10 Å². The van der Waals surface area contributed by atoms with Crippen molar-refractivity contribution < 1.29 is 19.1 Å². The number of rotatable bonds is 7. The molecule has 0 atom stereocenters. The third-order valence-electron chi connectivity index (χ3n) is 4.55. The topological polar surface area (TPSA) is 89.0 Å². The summed E-state index contributed by atoms with van der Waals surface area (Å²) in [4.78, 5) is 25.0. The minimum absolute atomic E-state index is 0.0239. The number of hydrogen-bond acceptors (Lipinski definition) is 5. The Balaban J connectivity index is 1.67. The molecule has 3 aromatic rings. The van der Waals surface area contributed by atoms with E-state index in [2.05, 4.69) is 15.8 Å². The molecule has 7 nitrogen and oxygen atoms in total. The molecule has 8 heteroatoms. The van der Waals surface area contributed by atoms with E-state index in [1.807, 2.05) is 36.4 Å². The smallest absolute Gasteiger partial charge is 0.271 e. The van der Waals surface area contributed by atoms with Crippen molar-refractivity contribution in [2.75, 3.05) is 19.5 Å². The van der Waals surface area contributed by atoms with E-state index >= 15 is 0 Å². The summed E-state index contributed by atoms with van der Waals surface area (Å²) >= 11 is 6.08. The zero-order chi connectivity index (χ0) is 22.4. The third kappa shape index (κ3) is 5.32. The van der Waals surface area contributed by atoms with Gasteiger partial charge in [-0.3, -0.25) is 9.59 Å². The molecule has 0 radical (unpaired) electrons. The van der Waals surface area contributed by atoms with Crippen LogP contribution in [-0.2, 0) is 4.79 Å². The van der Waals surface area contributed by atoms with Gasteiger partial charge in [0, 0.05) is 23.4 Å². The van der Waals surface area contributed by atoms with Crippen molar-refractivity contribution in [3.05, 3.63) is 65.2 Å². The Morgan fingerprint density at radius 3 is 2.45 bits per heavy atom. The van der Waals surface area contributed by atoms with Crippen molar-refractivity contribution in [3.63, 3.8) is 0 Å². The molecule has 0 spiro atoms. The van der Waals surface area contributed by atoms with Gasteiger partial charge in [-0.25, -0.2) is 5.43 Å². The van der Waals surface area contributed by atoms with Gasteiger partial charge in [0.15, 0.2) is 0 Å². The lowest BCUT2D eigenvalue weighted by atomic mass is 10.0. The van der Waals surface area contributed by atoms with Gasteiger partial charge in [-0.15, -0.1) is 0 Å². The quantitative estimate of drug-likeness (QED) is 0.414. The summed E-state index contributed by atoms with van der Waals surface area (Å²) < 4.78 is 10.4. The van der Waals surface area contributed by atoms with Crippen LogP contribution in [0.5, 0.6) is 11.5 Å². The van der Waals surface area contributed by atoms with E-state index in [1.165, 1.54) is 14.2 Å². The number of benzene rings is 3. The highest BCUT2D eigenvalue weighted by Gasteiger charge is 2.14. The fraction of sp³-hybridized carbons (Fsp3) is 0.174. The number of amides is 2.